The van der Waals surface area contributed by atoms with Crippen molar-refractivity contribution in [2.24, 2.45) is 5.73 Å². The molecule has 0 aromatic carbocycles. The maximum Gasteiger partial charge on any atom is 0.412 e. The minimum atomic E-state index is -4.40. The van der Waals surface area contributed by atoms with E-state index in [0.29, 0.717) is 8.66 Å². The molecule has 0 amide bonds. The summed E-state index contributed by atoms with van der Waals surface area (Å²) in [6.07, 6.45) is -3.81. The second-order valence-corrected chi connectivity index (χ2v) is 8.76. The molecule has 118 valence electrons. The Hall–Kier alpha value is -0.420. The Labute approximate surface area is 132 Å². The molecule has 1 aliphatic heterocycles. The van der Waals surface area contributed by atoms with Gasteiger partial charge in [-0.25, -0.2) is 8.42 Å². The first-order valence-electron chi connectivity index (χ1n) is 5.91. The molecule has 1 aliphatic rings. The van der Waals surface area contributed by atoms with Gasteiger partial charge in [-0.1, -0.05) is 6.08 Å². The normalized spacial score (nSPS) is 17.9. The minimum absolute atomic E-state index is 0.0526. The number of halogens is 4. The Balaban J connectivity index is 2.26. The van der Waals surface area contributed by atoms with Gasteiger partial charge in [0.1, 0.15) is 4.90 Å². The highest BCUT2D eigenvalue weighted by Crippen LogP contribution is 2.36. The van der Waals surface area contributed by atoms with Gasteiger partial charge in [0, 0.05) is 30.1 Å². The van der Waals surface area contributed by atoms with E-state index in [2.05, 4.69) is 15.9 Å². The van der Waals surface area contributed by atoms with E-state index >= 15 is 0 Å². The van der Waals surface area contributed by atoms with Crippen molar-refractivity contribution in [1.29, 1.82) is 0 Å². The van der Waals surface area contributed by atoms with Crippen LogP contribution < -0.4 is 5.73 Å². The van der Waals surface area contributed by atoms with Gasteiger partial charge in [0.15, 0.2) is 0 Å². The van der Waals surface area contributed by atoms with E-state index in [-0.39, 0.29) is 31.0 Å². The summed E-state index contributed by atoms with van der Waals surface area (Å²) in [5, 5.41) is 0. The average Bonchev–Trinajstić information content (AvgIpc) is 2.80. The molecule has 0 unspecified atom stereocenters. The van der Waals surface area contributed by atoms with Crippen LogP contribution in [0.15, 0.2) is 26.4 Å². The van der Waals surface area contributed by atoms with Crippen LogP contribution in [0.5, 0.6) is 0 Å². The Kier molecular flexibility index (Phi) is 4.84. The third kappa shape index (κ3) is 3.50. The molecule has 0 atom stereocenters. The van der Waals surface area contributed by atoms with Crippen molar-refractivity contribution in [1.82, 2.24) is 4.31 Å². The Morgan fingerprint density at radius 3 is 2.52 bits per heavy atom. The summed E-state index contributed by atoms with van der Waals surface area (Å²) >= 11 is 4.37. The van der Waals surface area contributed by atoms with Gasteiger partial charge in [-0.15, -0.1) is 11.3 Å². The standard InChI is InChI=1S/C11H12BrF3N2O2S2/c12-10-9(5-8(6-16)20-10)21(18,19)17-3-1-7(2-4-17)11(13,14)15/h1,5H,2-4,6,16H2. The molecule has 2 rings (SSSR count). The number of nitrogens with two attached hydrogens (primary N) is 1. The maximum atomic E-state index is 12.5. The predicted octanol–water partition coefficient (Wildman–Crippen LogP) is 2.85. The molecular formula is C11H12BrF3N2O2S2. The van der Waals surface area contributed by atoms with Gasteiger partial charge >= 0.3 is 6.18 Å². The number of hydrogen-bond acceptors (Lipinski definition) is 4. The molecule has 10 heteroatoms. The molecule has 0 saturated carbocycles. The summed E-state index contributed by atoms with van der Waals surface area (Å²) in [4.78, 5) is 0.737. The number of sulfonamides is 1. The van der Waals surface area contributed by atoms with Crippen molar-refractivity contribution >= 4 is 37.3 Å². The zero-order valence-corrected chi connectivity index (χ0v) is 13.9. The highest BCUT2D eigenvalue weighted by molar-refractivity contribution is 9.11. The predicted molar refractivity (Wildman–Crippen MR) is 77.4 cm³/mol. The van der Waals surface area contributed by atoms with Crippen LogP contribution in [0.3, 0.4) is 0 Å². The molecular weight excluding hydrogens is 393 g/mol. The van der Waals surface area contributed by atoms with Crippen molar-refractivity contribution < 1.29 is 21.6 Å². The molecule has 0 bridgehead atoms. The third-order valence-corrected chi connectivity index (χ3v) is 7.20. The van der Waals surface area contributed by atoms with E-state index in [1.54, 1.807) is 0 Å². The molecule has 2 N–H and O–H groups in total. The fourth-order valence-corrected chi connectivity index (χ4v) is 5.83. The summed E-state index contributed by atoms with van der Waals surface area (Å²) in [5.41, 5.74) is 4.79. The Morgan fingerprint density at radius 2 is 2.10 bits per heavy atom. The molecule has 1 aromatic heterocycles. The fourth-order valence-electron chi connectivity index (χ4n) is 1.94. The maximum absolute atomic E-state index is 12.5. The van der Waals surface area contributed by atoms with Gasteiger partial charge in [-0.05, 0) is 28.4 Å². The molecule has 0 radical (unpaired) electrons. The van der Waals surface area contributed by atoms with E-state index in [9.17, 15) is 21.6 Å². The lowest BCUT2D eigenvalue weighted by Gasteiger charge is -2.26. The van der Waals surface area contributed by atoms with Crippen LogP contribution in [0.4, 0.5) is 13.2 Å². The van der Waals surface area contributed by atoms with Gasteiger partial charge in [-0.2, -0.15) is 17.5 Å². The number of alkyl halides is 3. The number of nitrogens with zero attached hydrogens (tertiary/aromatic N) is 1. The van der Waals surface area contributed by atoms with Crippen molar-refractivity contribution in [3.63, 3.8) is 0 Å². The van der Waals surface area contributed by atoms with Crippen molar-refractivity contribution in [2.45, 2.75) is 24.0 Å². The molecule has 0 aliphatic carbocycles. The van der Waals surface area contributed by atoms with E-state index < -0.39 is 21.8 Å². The molecule has 21 heavy (non-hydrogen) atoms. The van der Waals surface area contributed by atoms with E-state index in [0.717, 1.165) is 10.4 Å². The quantitative estimate of drug-likeness (QED) is 0.787. The van der Waals surface area contributed by atoms with Crippen LogP contribution in [0.2, 0.25) is 0 Å². The van der Waals surface area contributed by atoms with Gasteiger partial charge < -0.3 is 5.73 Å². The van der Waals surface area contributed by atoms with Crippen LogP contribution >= 0.6 is 27.3 Å². The fraction of sp³-hybridized carbons (Fsp3) is 0.455. The lowest BCUT2D eigenvalue weighted by Crippen LogP contribution is -2.36. The Morgan fingerprint density at radius 1 is 1.43 bits per heavy atom. The summed E-state index contributed by atoms with van der Waals surface area (Å²) in [5.74, 6) is 0. The molecule has 1 aromatic rings. The van der Waals surface area contributed by atoms with Crippen LogP contribution in [0, 0.1) is 0 Å². The molecule has 0 saturated heterocycles. The first-order valence-corrected chi connectivity index (χ1v) is 8.96. The number of hydrogen-bond donors (Lipinski definition) is 1. The van der Waals surface area contributed by atoms with Crippen LogP contribution in [0.25, 0.3) is 0 Å². The van der Waals surface area contributed by atoms with Crippen molar-refractivity contribution in [3.8, 4) is 0 Å². The van der Waals surface area contributed by atoms with E-state index in [1.165, 1.54) is 17.4 Å². The smallest absolute Gasteiger partial charge is 0.326 e. The summed E-state index contributed by atoms with van der Waals surface area (Å²) in [6.45, 7) is -0.262. The van der Waals surface area contributed by atoms with Crippen molar-refractivity contribution in [2.75, 3.05) is 13.1 Å². The second-order valence-electron chi connectivity index (χ2n) is 4.39. The van der Waals surface area contributed by atoms with Crippen LogP contribution in [-0.2, 0) is 16.6 Å². The first-order chi connectivity index (χ1) is 9.66. The monoisotopic (exact) mass is 404 g/mol. The molecule has 0 spiro atoms. The average molecular weight is 405 g/mol. The van der Waals surface area contributed by atoms with E-state index in [1.807, 2.05) is 0 Å². The number of rotatable bonds is 3. The molecule has 4 nitrogen and oxygen atoms in total. The van der Waals surface area contributed by atoms with Gasteiger partial charge in [0.05, 0.1) is 3.79 Å². The zero-order valence-electron chi connectivity index (χ0n) is 10.7. The largest absolute Gasteiger partial charge is 0.412 e. The minimum Gasteiger partial charge on any atom is -0.326 e. The SMILES string of the molecule is NCc1cc(S(=O)(=O)N2CC=C(C(F)(F)F)CC2)c(Br)s1. The lowest BCUT2D eigenvalue weighted by atomic mass is 10.1. The van der Waals surface area contributed by atoms with Gasteiger partial charge in [0.25, 0.3) is 0 Å². The highest BCUT2D eigenvalue weighted by atomic mass is 79.9. The summed E-state index contributed by atoms with van der Waals surface area (Å²) in [6, 6.07) is 1.45. The molecule has 2 heterocycles. The van der Waals surface area contributed by atoms with Crippen LogP contribution in [0.1, 0.15) is 11.3 Å². The lowest BCUT2D eigenvalue weighted by molar-refractivity contribution is -0.0953. The Bertz CT molecular complexity index is 667. The first kappa shape index (κ1) is 16.9. The molecule has 0 fully saturated rings. The van der Waals surface area contributed by atoms with Gasteiger partial charge in [-0.3, -0.25) is 0 Å². The number of thiophene rings is 1. The van der Waals surface area contributed by atoms with Crippen LogP contribution in [-0.4, -0.2) is 32.0 Å². The summed E-state index contributed by atoms with van der Waals surface area (Å²) < 4.78 is 64.0. The van der Waals surface area contributed by atoms with Crippen molar-refractivity contribution in [3.05, 3.63) is 26.4 Å². The topological polar surface area (TPSA) is 63.4 Å². The third-order valence-electron chi connectivity index (χ3n) is 3.06. The second kappa shape index (κ2) is 5.99. The zero-order chi connectivity index (χ0) is 15.8. The van der Waals surface area contributed by atoms with Gasteiger partial charge in [0.2, 0.25) is 10.0 Å². The van der Waals surface area contributed by atoms with E-state index in [4.69, 9.17) is 5.73 Å². The summed E-state index contributed by atoms with van der Waals surface area (Å²) in [7, 11) is -3.82. The highest BCUT2D eigenvalue weighted by Gasteiger charge is 2.37.